The topological polar surface area (TPSA) is 83.6 Å². The highest BCUT2D eigenvalue weighted by atomic mass is 35.5. The fraction of sp³-hybridized carbons (Fsp3) is 0.381. The van der Waals surface area contributed by atoms with Crippen LogP contribution >= 0.6 is 11.6 Å². The van der Waals surface area contributed by atoms with Gasteiger partial charge in [0.1, 0.15) is 17.3 Å². The number of unbranched alkanes of at least 4 members (excludes halogenated alkanes) is 1. The molecule has 1 aromatic carbocycles. The Hall–Kier alpha value is -2.71. The second kappa shape index (κ2) is 12.1. The number of amides is 2. The number of hydrogen-bond acceptors (Lipinski definition) is 5. The molecule has 1 heterocycles. The van der Waals surface area contributed by atoms with Gasteiger partial charge in [0.2, 0.25) is 0 Å². The van der Waals surface area contributed by atoms with Crippen molar-refractivity contribution in [2.75, 3.05) is 33.8 Å². The Labute approximate surface area is 180 Å². The molecule has 7 nitrogen and oxygen atoms in total. The van der Waals surface area contributed by atoms with Crippen molar-refractivity contribution in [1.82, 2.24) is 20.5 Å². The highest BCUT2D eigenvalue weighted by Crippen LogP contribution is 2.20. The third-order valence-corrected chi connectivity index (χ3v) is 4.33. The fourth-order valence-electron chi connectivity index (χ4n) is 2.60. The lowest BCUT2D eigenvalue weighted by molar-refractivity contribution is -0.123. The predicted molar refractivity (Wildman–Crippen MR) is 113 cm³/mol. The summed E-state index contributed by atoms with van der Waals surface area (Å²) >= 11 is 5.59. The van der Waals surface area contributed by atoms with Crippen LogP contribution in [-0.4, -0.2) is 55.5 Å². The molecule has 1 aromatic heterocycles. The van der Waals surface area contributed by atoms with Crippen molar-refractivity contribution in [1.29, 1.82) is 0 Å². The van der Waals surface area contributed by atoms with Crippen LogP contribution in [0.2, 0.25) is 5.02 Å². The maximum Gasteiger partial charge on any atom is 0.269 e. The summed E-state index contributed by atoms with van der Waals surface area (Å²) < 4.78 is 18.5. The van der Waals surface area contributed by atoms with Gasteiger partial charge in [-0.1, -0.05) is 11.6 Å². The molecule has 9 heteroatoms. The van der Waals surface area contributed by atoms with E-state index in [-0.39, 0.29) is 29.2 Å². The minimum absolute atomic E-state index is 0.00376. The van der Waals surface area contributed by atoms with Crippen molar-refractivity contribution < 1.29 is 18.7 Å². The summed E-state index contributed by atoms with van der Waals surface area (Å²) in [5, 5.41) is 5.53. The van der Waals surface area contributed by atoms with Crippen molar-refractivity contribution >= 4 is 23.4 Å². The van der Waals surface area contributed by atoms with Crippen LogP contribution in [0.3, 0.4) is 0 Å². The van der Waals surface area contributed by atoms with Gasteiger partial charge < -0.3 is 20.3 Å². The molecule has 0 bridgehead atoms. The van der Waals surface area contributed by atoms with E-state index in [0.717, 1.165) is 18.2 Å². The molecule has 30 heavy (non-hydrogen) atoms. The third-order valence-electron chi connectivity index (χ3n) is 4.03. The Morgan fingerprint density at radius 1 is 1.13 bits per heavy atom. The molecule has 2 amide bonds. The summed E-state index contributed by atoms with van der Waals surface area (Å²) in [6.45, 7) is 1.45. The van der Waals surface area contributed by atoms with Crippen molar-refractivity contribution in [3.8, 4) is 5.75 Å². The Balaban J connectivity index is 1.59. The van der Waals surface area contributed by atoms with Crippen molar-refractivity contribution in [3.63, 3.8) is 0 Å². The summed E-state index contributed by atoms with van der Waals surface area (Å²) in [5.74, 6) is -0.895. The maximum absolute atomic E-state index is 13.3. The van der Waals surface area contributed by atoms with E-state index in [0.29, 0.717) is 31.6 Å². The molecule has 0 aliphatic carbocycles. The highest BCUT2D eigenvalue weighted by molar-refractivity contribution is 6.30. The molecule has 2 rings (SSSR count). The molecule has 0 fully saturated rings. The Bertz CT molecular complexity index is 864. The van der Waals surface area contributed by atoms with Crippen LogP contribution in [0.25, 0.3) is 0 Å². The SMILES string of the molecule is CN(C)Cc1ccnc(C(=O)NCCCCNC(=O)COc2ccc(Cl)c(F)c2)c1. The molecule has 0 radical (unpaired) electrons. The van der Waals surface area contributed by atoms with E-state index in [1.807, 2.05) is 25.1 Å². The van der Waals surface area contributed by atoms with Gasteiger partial charge in [-0.15, -0.1) is 0 Å². The monoisotopic (exact) mass is 436 g/mol. The van der Waals surface area contributed by atoms with Crippen LogP contribution in [0.15, 0.2) is 36.5 Å². The number of rotatable bonds is 11. The average Bonchev–Trinajstić information content (AvgIpc) is 2.71. The molecular weight excluding hydrogens is 411 g/mol. The van der Waals surface area contributed by atoms with Crippen molar-refractivity contribution in [2.24, 2.45) is 0 Å². The molecule has 0 aliphatic rings. The lowest BCUT2D eigenvalue weighted by Crippen LogP contribution is -2.30. The zero-order valence-electron chi connectivity index (χ0n) is 17.1. The number of nitrogens with zero attached hydrogens (tertiary/aromatic N) is 2. The van der Waals surface area contributed by atoms with Gasteiger partial charge in [0, 0.05) is 31.9 Å². The minimum Gasteiger partial charge on any atom is -0.484 e. The van der Waals surface area contributed by atoms with Gasteiger partial charge in [-0.2, -0.15) is 0 Å². The van der Waals surface area contributed by atoms with E-state index in [1.165, 1.54) is 12.1 Å². The second-order valence-corrected chi connectivity index (χ2v) is 7.37. The standard InChI is InChI=1S/C21H26ClFN4O3/c1-27(2)13-15-7-10-24-19(11-15)21(29)26-9-4-3-8-25-20(28)14-30-16-5-6-17(22)18(23)12-16/h5-7,10-12H,3-4,8-9,13-14H2,1-2H3,(H,25,28)(H,26,29). The number of nitrogens with one attached hydrogen (secondary N) is 2. The quantitative estimate of drug-likeness (QED) is 0.529. The lowest BCUT2D eigenvalue weighted by Gasteiger charge is -2.10. The molecular formula is C21H26ClFN4O3. The first-order valence-corrected chi connectivity index (χ1v) is 9.95. The highest BCUT2D eigenvalue weighted by Gasteiger charge is 2.08. The number of aromatic nitrogens is 1. The second-order valence-electron chi connectivity index (χ2n) is 6.96. The van der Waals surface area contributed by atoms with Gasteiger partial charge in [-0.3, -0.25) is 14.6 Å². The van der Waals surface area contributed by atoms with E-state index in [9.17, 15) is 14.0 Å². The summed E-state index contributed by atoms with van der Waals surface area (Å²) in [4.78, 5) is 30.1. The normalized spacial score (nSPS) is 10.7. The fourth-order valence-corrected chi connectivity index (χ4v) is 2.72. The van der Waals surface area contributed by atoms with Crippen LogP contribution in [0.5, 0.6) is 5.75 Å². The Morgan fingerprint density at radius 2 is 1.87 bits per heavy atom. The van der Waals surface area contributed by atoms with Crippen LogP contribution in [0.4, 0.5) is 4.39 Å². The zero-order valence-corrected chi connectivity index (χ0v) is 17.8. The van der Waals surface area contributed by atoms with Gasteiger partial charge in [0.25, 0.3) is 11.8 Å². The minimum atomic E-state index is -0.601. The molecule has 2 aromatic rings. The smallest absolute Gasteiger partial charge is 0.269 e. The van der Waals surface area contributed by atoms with Gasteiger partial charge in [-0.25, -0.2) is 4.39 Å². The third kappa shape index (κ3) is 8.34. The number of ether oxygens (including phenoxy) is 1. The van der Waals surface area contributed by atoms with Crippen LogP contribution in [0, 0.1) is 5.82 Å². The molecule has 2 N–H and O–H groups in total. The molecule has 0 atom stereocenters. The van der Waals surface area contributed by atoms with Crippen molar-refractivity contribution in [2.45, 2.75) is 19.4 Å². The van der Waals surface area contributed by atoms with Crippen LogP contribution < -0.4 is 15.4 Å². The summed E-state index contributed by atoms with van der Waals surface area (Å²) in [5.41, 5.74) is 1.41. The largest absolute Gasteiger partial charge is 0.484 e. The van der Waals surface area contributed by atoms with E-state index in [2.05, 4.69) is 15.6 Å². The summed E-state index contributed by atoms with van der Waals surface area (Å²) in [6, 6.07) is 7.65. The molecule has 0 unspecified atom stereocenters. The number of carbonyl (C=O) groups excluding carboxylic acids is 2. The van der Waals surface area contributed by atoms with E-state index < -0.39 is 5.82 Å². The average molecular weight is 437 g/mol. The van der Waals surface area contributed by atoms with Gasteiger partial charge >= 0.3 is 0 Å². The Morgan fingerprint density at radius 3 is 2.57 bits per heavy atom. The van der Waals surface area contributed by atoms with E-state index in [1.54, 1.807) is 12.3 Å². The van der Waals surface area contributed by atoms with Gasteiger partial charge in [-0.05, 0) is 56.8 Å². The molecule has 162 valence electrons. The van der Waals surface area contributed by atoms with Crippen LogP contribution in [-0.2, 0) is 11.3 Å². The van der Waals surface area contributed by atoms with Gasteiger partial charge in [0.05, 0.1) is 5.02 Å². The number of benzene rings is 1. The Kier molecular flexibility index (Phi) is 9.50. The maximum atomic E-state index is 13.3. The number of halogens is 2. The summed E-state index contributed by atoms with van der Waals surface area (Å²) in [6.07, 6.45) is 3.02. The van der Waals surface area contributed by atoms with Crippen molar-refractivity contribution in [3.05, 3.63) is 58.6 Å². The molecule has 0 spiro atoms. The molecule has 0 saturated carbocycles. The molecule has 0 saturated heterocycles. The number of carbonyl (C=O) groups is 2. The number of hydrogen-bond donors (Lipinski definition) is 2. The first-order valence-electron chi connectivity index (χ1n) is 9.57. The first-order chi connectivity index (χ1) is 14.3. The lowest BCUT2D eigenvalue weighted by atomic mass is 10.2. The van der Waals surface area contributed by atoms with E-state index in [4.69, 9.17) is 16.3 Å². The van der Waals surface area contributed by atoms with Crippen LogP contribution in [0.1, 0.15) is 28.9 Å². The first kappa shape index (κ1) is 23.6. The van der Waals surface area contributed by atoms with Gasteiger partial charge in [0.15, 0.2) is 6.61 Å². The summed E-state index contributed by atoms with van der Waals surface area (Å²) in [7, 11) is 3.92. The number of pyridine rings is 1. The van der Waals surface area contributed by atoms with E-state index >= 15 is 0 Å². The molecule has 0 aliphatic heterocycles. The predicted octanol–water partition coefficient (Wildman–Crippen LogP) is 2.64. The zero-order chi connectivity index (χ0) is 21.9.